The second-order valence-electron chi connectivity index (χ2n) is 5.30. The van der Waals surface area contributed by atoms with Gasteiger partial charge in [-0.05, 0) is 37.1 Å². The van der Waals surface area contributed by atoms with Crippen molar-refractivity contribution in [1.82, 2.24) is 4.90 Å². The molecule has 110 valence electrons. The highest BCUT2D eigenvalue weighted by Gasteiger charge is 2.19. The smallest absolute Gasteiger partial charge is 0.224 e. The highest BCUT2D eigenvalue weighted by Crippen LogP contribution is 2.12. The third kappa shape index (κ3) is 4.59. The van der Waals surface area contributed by atoms with Gasteiger partial charge in [0.2, 0.25) is 5.91 Å². The van der Waals surface area contributed by atoms with Gasteiger partial charge in [0.15, 0.2) is 0 Å². The fourth-order valence-electron chi connectivity index (χ4n) is 2.48. The molecule has 1 aliphatic rings. The zero-order chi connectivity index (χ0) is 14.4. The van der Waals surface area contributed by atoms with Gasteiger partial charge in [-0.2, -0.15) is 0 Å². The standard InChI is InChI=1S/C15H23N3O2/c16-10-12-3-1-4-13(9-12)17-15(20)5-2-7-18-8-6-14(19)11-18/h1,3-4,9,14,19H,2,5-8,10-11,16H2,(H,17,20). The van der Waals surface area contributed by atoms with Gasteiger partial charge >= 0.3 is 0 Å². The van der Waals surface area contributed by atoms with E-state index in [9.17, 15) is 9.90 Å². The average molecular weight is 277 g/mol. The number of anilines is 1. The summed E-state index contributed by atoms with van der Waals surface area (Å²) in [4.78, 5) is 14.0. The fourth-order valence-corrected chi connectivity index (χ4v) is 2.48. The van der Waals surface area contributed by atoms with Crippen LogP contribution in [0.5, 0.6) is 0 Å². The number of nitrogens with zero attached hydrogens (tertiary/aromatic N) is 1. The predicted octanol–water partition coefficient (Wildman–Crippen LogP) is 0.931. The molecule has 0 aliphatic carbocycles. The van der Waals surface area contributed by atoms with Crippen molar-refractivity contribution >= 4 is 11.6 Å². The lowest BCUT2D eigenvalue weighted by Crippen LogP contribution is -2.24. The van der Waals surface area contributed by atoms with Crippen molar-refractivity contribution in [3.05, 3.63) is 29.8 Å². The van der Waals surface area contributed by atoms with Crippen LogP contribution in [0, 0.1) is 0 Å². The summed E-state index contributed by atoms with van der Waals surface area (Å²) in [6, 6.07) is 7.60. The molecular formula is C15H23N3O2. The van der Waals surface area contributed by atoms with Crippen LogP contribution >= 0.6 is 0 Å². The molecule has 1 aliphatic heterocycles. The second kappa shape index (κ2) is 7.38. The molecule has 1 atom stereocenters. The quantitative estimate of drug-likeness (QED) is 0.723. The number of carbonyl (C=O) groups is 1. The summed E-state index contributed by atoms with van der Waals surface area (Å²) >= 11 is 0. The molecule has 1 aromatic carbocycles. The average Bonchev–Trinajstić information content (AvgIpc) is 2.84. The molecule has 0 bridgehead atoms. The van der Waals surface area contributed by atoms with E-state index in [1.54, 1.807) is 0 Å². The summed E-state index contributed by atoms with van der Waals surface area (Å²) in [6.45, 7) is 3.01. The zero-order valence-electron chi connectivity index (χ0n) is 11.7. The van der Waals surface area contributed by atoms with Crippen LogP contribution in [0.3, 0.4) is 0 Å². The number of nitrogens with two attached hydrogens (primary N) is 1. The van der Waals surface area contributed by atoms with Gasteiger partial charge in [-0.25, -0.2) is 0 Å². The van der Waals surface area contributed by atoms with Gasteiger partial charge in [-0.1, -0.05) is 12.1 Å². The van der Waals surface area contributed by atoms with E-state index in [-0.39, 0.29) is 12.0 Å². The molecule has 5 heteroatoms. The first-order valence-corrected chi connectivity index (χ1v) is 7.16. The number of benzene rings is 1. The summed E-state index contributed by atoms with van der Waals surface area (Å²) in [7, 11) is 0. The van der Waals surface area contributed by atoms with E-state index >= 15 is 0 Å². The number of aliphatic hydroxyl groups excluding tert-OH is 1. The van der Waals surface area contributed by atoms with Crippen molar-refractivity contribution in [2.75, 3.05) is 25.0 Å². The minimum absolute atomic E-state index is 0.0268. The molecule has 1 saturated heterocycles. The number of hydrogen-bond acceptors (Lipinski definition) is 4. The molecular weight excluding hydrogens is 254 g/mol. The van der Waals surface area contributed by atoms with Crippen LogP contribution in [0.25, 0.3) is 0 Å². The third-order valence-corrected chi connectivity index (χ3v) is 3.57. The molecule has 1 amide bonds. The van der Waals surface area contributed by atoms with Gasteiger partial charge in [0.1, 0.15) is 0 Å². The summed E-state index contributed by atoms with van der Waals surface area (Å²) < 4.78 is 0. The van der Waals surface area contributed by atoms with Gasteiger partial charge in [0.25, 0.3) is 0 Å². The first-order valence-electron chi connectivity index (χ1n) is 7.16. The molecule has 20 heavy (non-hydrogen) atoms. The molecule has 0 saturated carbocycles. The van der Waals surface area contributed by atoms with Gasteiger partial charge in [-0.15, -0.1) is 0 Å². The largest absolute Gasteiger partial charge is 0.392 e. The van der Waals surface area contributed by atoms with Crippen LogP contribution in [-0.4, -0.2) is 41.7 Å². The van der Waals surface area contributed by atoms with E-state index in [1.165, 1.54) is 0 Å². The summed E-state index contributed by atoms with van der Waals surface area (Å²) in [5, 5.41) is 12.3. The van der Waals surface area contributed by atoms with Crippen LogP contribution in [0.15, 0.2) is 24.3 Å². The van der Waals surface area contributed by atoms with Crippen LogP contribution in [0.1, 0.15) is 24.8 Å². The van der Waals surface area contributed by atoms with Gasteiger partial charge in [0.05, 0.1) is 6.10 Å². The maximum atomic E-state index is 11.8. The molecule has 2 rings (SSSR count). The molecule has 5 nitrogen and oxygen atoms in total. The summed E-state index contributed by atoms with van der Waals surface area (Å²) in [5.74, 6) is 0.0268. The molecule has 1 heterocycles. The monoisotopic (exact) mass is 277 g/mol. The molecule has 0 spiro atoms. The van der Waals surface area contributed by atoms with Crippen molar-refractivity contribution < 1.29 is 9.90 Å². The molecule has 1 unspecified atom stereocenters. The maximum Gasteiger partial charge on any atom is 0.224 e. The van der Waals surface area contributed by atoms with Crippen molar-refractivity contribution in [2.24, 2.45) is 5.73 Å². The van der Waals surface area contributed by atoms with Crippen molar-refractivity contribution in [2.45, 2.75) is 31.9 Å². The SMILES string of the molecule is NCc1cccc(NC(=O)CCCN2CCC(O)C2)c1. The highest BCUT2D eigenvalue weighted by atomic mass is 16.3. The Morgan fingerprint density at radius 1 is 1.50 bits per heavy atom. The third-order valence-electron chi connectivity index (χ3n) is 3.57. The molecule has 1 fully saturated rings. The molecule has 1 aromatic rings. The first kappa shape index (κ1) is 15.0. The number of nitrogens with one attached hydrogen (secondary N) is 1. The van der Waals surface area contributed by atoms with Gasteiger partial charge in [0, 0.05) is 31.7 Å². The second-order valence-corrected chi connectivity index (χ2v) is 5.30. The van der Waals surface area contributed by atoms with E-state index in [2.05, 4.69) is 10.2 Å². The lowest BCUT2D eigenvalue weighted by Gasteiger charge is -2.14. The number of amides is 1. The molecule has 4 N–H and O–H groups in total. The zero-order valence-corrected chi connectivity index (χ0v) is 11.7. The minimum Gasteiger partial charge on any atom is -0.392 e. The van der Waals surface area contributed by atoms with Crippen LogP contribution in [-0.2, 0) is 11.3 Å². The van der Waals surface area contributed by atoms with E-state index in [1.807, 2.05) is 24.3 Å². The van der Waals surface area contributed by atoms with Crippen LogP contribution < -0.4 is 11.1 Å². The Bertz CT molecular complexity index is 450. The Morgan fingerprint density at radius 2 is 2.35 bits per heavy atom. The Morgan fingerprint density at radius 3 is 3.05 bits per heavy atom. The van der Waals surface area contributed by atoms with Crippen LogP contribution in [0.2, 0.25) is 0 Å². The van der Waals surface area contributed by atoms with Crippen molar-refractivity contribution in [3.8, 4) is 0 Å². The number of aliphatic hydroxyl groups is 1. The Kier molecular flexibility index (Phi) is 5.52. The predicted molar refractivity (Wildman–Crippen MR) is 79.3 cm³/mol. The number of rotatable bonds is 6. The number of likely N-dealkylation sites (tertiary alicyclic amines) is 1. The van der Waals surface area contributed by atoms with Crippen molar-refractivity contribution in [3.63, 3.8) is 0 Å². The van der Waals surface area contributed by atoms with E-state index in [0.29, 0.717) is 13.0 Å². The normalized spacial score (nSPS) is 19.2. The van der Waals surface area contributed by atoms with Gasteiger partial charge < -0.3 is 21.1 Å². The molecule has 0 aromatic heterocycles. The summed E-state index contributed by atoms with van der Waals surface area (Å²) in [5.41, 5.74) is 7.38. The van der Waals surface area contributed by atoms with Crippen molar-refractivity contribution in [1.29, 1.82) is 0 Å². The Hall–Kier alpha value is -1.43. The summed E-state index contributed by atoms with van der Waals surface area (Å²) in [6.07, 6.45) is 1.97. The lowest BCUT2D eigenvalue weighted by atomic mass is 10.2. The maximum absolute atomic E-state index is 11.8. The highest BCUT2D eigenvalue weighted by molar-refractivity contribution is 5.90. The number of hydrogen-bond donors (Lipinski definition) is 3. The number of carbonyl (C=O) groups excluding carboxylic acids is 1. The number of β-amino-alcohol motifs (C(OH)–C–C–N with tert-alkyl or cyclic N) is 1. The Balaban J connectivity index is 1.69. The van der Waals surface area contributed by atoms with E-state index in [4.69, 9.17) is 5.73 Å². The lowest BCUT2D eigenvalue weighted by molar-refractivity contribution is -0.116. The first-order chi connectivity index (χ1) is 9.67. The molecule has 0 radical (unpaired) electrons. The Labute approximate surface area is 119 Å². The minimum atomic E-state index is -0.192. The van der Waals surface area contributed by atoms with Gasteiger partial charge in [-0.3, -0.25) is 4.79 Å². The van der Waals surface area contributed by atoms with Crippen LogP contribution in [0.4, 0.5) is 5.69 Å². The van der Waals surface area contributed by atoms with E-state index in [0.717, 1.165) is 43.7 Å². The fraction of sp³-hybridized carbons (Fsp3) is 0.533. The topological polar surface area (TPSA) is 78.6 Å². The van der Waals surface area contributed by atoms with E-state index < -0.39 is 0 Å².